The molecule has 5 rings (SSSR count). The molecule has 37 heavy (non-hydrogen) atoms. The van der Waals surface area contributed by atoms with E-state index in [-0.39, 0.29) is 24.3 Å². The maximum absolute atomic E-state index is 13.4. The van der Waals surface area contributed by atoms with Crippen molar-refractivity contribution in [2.45, 2.75) is 19.0 Å². The number of nitrogens with zero attached hydrogens (tertiary/aromatic N) is 2. The number of urea groups is 1. The van der Waals surface area contributed by atoms with Crippen LogP contribution >= 0.6 is 0 Å². The van der Waals surface area contributed by atoms with Gasteiger partial charge in [0.1, 0.15) is 17.6 Å². The number of nitrogens with one attached hydrogen (secondary N) is 2. The normalized spacial score (nSPS) is 14.5. The molecule has 1 aromatic heterocycles. The predicted molar refractivity (Wildman–Crippen MR) is 137 cm³/mol. The number of rotatable bonds is 4. The minimum Gasteiger partial charge on any atom is -0.508 e. The molecule has 0 spiro atoms. The van der Waals surface area contributed by atoms with Crippen molar-refractivity contribution in [1.29, 1.82) is 0 Å². The second-order valence-electron chi connectivity index (χ2n) is 8.68. The lowest BCUT2D eigenvalue weighted by Gasteiger charge is -2.36. The van der Waals surface area contributed by atoms with Gasteiger partial charge < -0.3 is 20.6 Å². The number of anilines is 2. The number of hydrogen-bond acceptors (Lipinski definition) is 4. The maximum Gasteiger partial charge on any atom is 0.322 e. The molecular weight excluding hydrogens is 475 g/mol. The van der Waals surface area contributed by atoms with E-state index in [0.29, 0.717) is 17.1 Å². The molecule has 3 amide bonds. The van der Waals surface area contributed by atoms with Gasteiger partial charge in [0.2, 0.25) is 5.91 Å². The summed E-state index contributed by atoms with van der Waals surface area (Å²) in [7, 11) is 0. The standard InChI is InChI=1S/C28H23FN4O4/c29-20-5-7-22(8-6-20)31-28(37)33-17-18-4-13-24(34)15-19(18)16-25(33)27(36)30-21-9-11-23(12-10-21)32-14-2-1-3-26(32)35/h1-15,25,34H,16-17H2,(H,30,36)(H,31,37)/t25-/m1/s1. The zero-order chi connectivity index (χ0) is 25.9. The molecule has 0 saturated carbocycles. The lowest BCUT2D eigenvalue weighted by molar-refractivity contribution is -0.120. The Morgan fingerprint density at radius 2 is 1.57 bits per heavy atom. The number of halogens is 1. The van der Waals surface area contributed by atoms with Gasteiger partial charge in [-0.25, -0.2) is 9.18 Å². The zero-order valence-corrected chi connectivity index (χ0v) is 19.6. The highest BCUT2D eigenvalue weighted by molar-refractivity contribution is 5.99. The molecule has 1 aliphatic heterocycles. The van der Waals surface area contributed by atoms with Crippen molar-refractivity contribution < 1.29 is 19.1 Å². The number of carbonyl (C=O) groups is 2. The summed E-state index contributed by atoms with van der Waals surface area (Å²) in [4.78, 5) is 40.1. The van der Waals surface area contributed by atoms with Gasteiger partial charge in [0, 0.05) is 42.3 Å². The largest absolute Gasteiger partial charge is 0.508 e. The number of amides is 3. The number of aromatic nitrogens is 1. The number of benzene rings is 3. The summed E-state index contributed by atoms with van der Waals surface area (Å²) in [6.07, 6.45) is 1.85. The lowest BCUT2D eigenvalue weighted by atomic mass is 9.93. The van der Waals surface area contributed by atoms with E-state index >= 15 is 0 Å². The van der Waals surface area contributed by atoms with E-state index in [0.717, 1.165) is 11.1 Å². The van der Waals surface area contributed by atoms with E-state index < -0.39 is 23.8 Å². The van der Waals surface area contributed by atoms with Crippen LogP contribution in [0.1, 0.15) is 11.1 Å². The molecule has 9 heteroatoms. The van der Waals surface area contributed by atoms with Crippen LogP contribution in [0.4, 0.5) is 20.6 Å². The van der Waals surface area contributed by atoms with Crippen LogP contribution in [-0.4, -0.2) is 32.6 Å². The molecule has 0 bridgehead atoms. The van der Waals surface area contributed by atoms with Crippen LogP contribution in [0.2, 0.25) is 0 Å². The van der Waals surface area contributed by atoms with Crippen molar-refractivity contribution >= 4 is 23.3 Å². The first-order valence-electron chi connectivity index (χ1n) is 11.6. The molecule has 0 aliphatic carbocycles. The first kappa shape index (κ1) is 23.8. The van der Waals surface area contributed by atoms with Crippen LogP contribution in [0.3, 0.4) is 0 Å². The van der Waals surface area contributed by atoms with E-state index in [1.165, 1.54) is 45.9 Å². The van der Waals surface area contributed by atoms with Crippen LogP contribution in [0.5, 0.6) is 5.75 Å². The highest BCUT2D eigenvalue weighted by atomic mass is 19.1. The molecule has 1 atom stereocenters. The fraction of sp³-hybridized carbons (Fsp3) is 0.107. The molecule has 8 nitrogen and oxygen atoms in total. The van der Waals surface area contributed by atoms with Gasteiger partial charge in [-0.1, -0.05) is 12.1 Å². The Balaban J connectivity index is 1.38. The molecule has 0 saturated heterocycles. The Kier molecular flexibility index (Phi) is 6.42. The topological polar surface area (TPSA) is 104 Å². The van der Waals surface area contributed by atoms with Crippen molar-refractivity contribution in [1.82, 2.24) is 9.47 Å². The molecule has 3 N–H and O–H groups in total. The average molecular weight is 499 g/mol. The number of hydrogen-bond donors (Lipinski definition) is 3. The number of carbonyl (C=O) groups excluding carboxylic acids is 2. The van der Waals surface area contributed by atoms with E-state index in [1.54, 1.807) is 54.7 Å². The minimum atomic E-state index is -0.869. The van der Waals surface area contributed by atoms with Crippen LogP contribution in [0, 0.1) is 5.82 Å². The van der Waals surface area contributed by atoms with Gasteiger partial charge in [-0.3, -0.25) is 14.2 Å². The highest BCUT2D eigenvalue weighted by Crippen LogP contribution is 2.28. The quantitative estimate of drug-likeness (QED) is 0.391. The zero-order valence-electron chi connectivity index (χ0n) is 19.6. The molecule has 0 unspecified atom stereocenters. The smallest absolute Gasteiger partial charge is 0.322 e. The van der Waals surface area contributed by atoms with Gasteiger partial charge in [0.05, 0.1) is 0 Å². The maximum atomic E-state index is 13.4. The van der Waals surface area contributed by atoms with Crippen LogP contribution < -0.4 is 16.2 Å². The number of aromatic hydroxyl groups is 1. The van der Waals surface area contributed by atoms with Gasteiger partial charge in [-0.2, -0.15) is 0 Å². The second-order valence-corrected chi connectivity index (χ2v) is 8.68. The number of phenols is 1. The van der Waals surface area contributed by atoms with Crippen molar-refractivity contribution in [3.05, 3.63) is 118 Å². The summed E-state index contributed by atoms with van der Waals surface area (Å²) in [6, 6.07) is 20.5. The van der Waals surface area contributed by atoms with E-state index in [1.807, 2.05) is 0 Å². The summed E-state index contributed by atoms with van der Waals surface area (Å²) in [5, 5.41) is 15.5. The Labute approximate surface area is 211 Å². The third-order valence-electron chi connectivity index (χ3n) is 6.21. The number of fused-ring (bicyclic) bond motifs is 1. The third-order valence-corrected chi connectivity index (χ3v) is 6.21. The number of phenolic OH excluding ortho intramolecular Hbond substituents is 1. The monoisotopic (exact) mass is 498 g/mol. The lowest BCUT2D eigenvalue weighted by Crippen LogP contribution is -2.52. The summed E-state index contributed by atoms with van der Waals surface area (Å²) >= 11 is 0. The Morgan fingerprint density at radius 3 is 2.30 bits per heavy atom. The first-order chi connectivity index (χ1) is 17.9. The minimum absolute atomic E-state index is 0.0777. The molecule has 186 valence electrons. The number of pyridine rings is 1. The van der Waals surface area contributed by atoms with Gasteiger partial charge in [-0.15, -0.1) is 0 Å². The summed E-state index contributed by atoms with van der Waals surface area (Å²) in [5.41, 5.74) is 2.95. The van der Waals surface area contributed by atoms with E-state index in [4.69, 9.17) is 0 Å². The van der Waals surface area contributed by atoms with Crippen molar-refractivity contribution in [3.8, 4) is 11.4 Å². The van der Waals surface area contributed by atoms with Crippen molar-refractivity contribution in [2.24, 2.45) is 0 Å². The molecule has 3 aromatic carbocycles. The van der Waals surface area contributed by atoms with Crippen molar-refractivity contribution in [3.63, 3.8) is 0 Å². The Morgan fingerprint density at radius 1 is 0.865 bits per heavy atom. The Hall–Kier alpha value is -4.92. The average Bonchev–Trinajstić information content (AvgIpc) is 2.90. The third kappa shape index (κ3) is 5.20. The van der Waals surface area contributed by atoms with Gasteiger partial charge in [0.15, 0.2) is 0 Å². The summed E-state index contributed by atoms with van der Waals surface area (Å²) < 4.78 is 14.8. The SMILES string of the molecule is O=C(Nc1ccc(-n2ccccc2=O)cc1)[C@H]1Cc2cc(O)ccc2CN1C(=O)Nc1ccc(F)cc1. The fourth-order valence-corrected chi connectivity index (χ4v) is 4.32. The summed E-state index contributed by atoms with van der Waals surface area (Å²) in [5.74, 6) is -0.758. The summed E-state index contributed by atoms with van der Waals surface area (Å²) in [6.45, 7) is 0.149. The molecule has 4 aromatic rings. The Bertz CT molecular complexity index is 1520. The van der Waals surface area contributed by atoms with E-state index in [2.05, 4.69) is 10.6 Å². The second kappa shape index (κ2) is 9.98. The van der Waals surface area contributed by atoms with Crippen LogP contribution in [-0.2, 0) is 17.8 Å². The van der Waals surface area contributed by atoms with E-state index in [9.17, 15) is 23.9 Å². The molecule has 0 radical (unpaired) electrons. The highest BCUT2D eigenvalue weighted by Gasteiger charge is 2.35. The molecule has 2 heterocycles. The molecule has 1 aliphatic rings. The fourth-order valence-electron chi connectivity index (χ4n) is 4.32. The van der Waals surface area contributed by atoms with Crippen LogP contribution in [0.15, 0.2) is 95.9 Å². The predicted octanol–water partition coefficient (Wildman–Crippen LogP) is 4.28. The van der Waals surface area contributed by atoms with Gasteiger partial charge in [-0.05, 0) is 77.9 Å². The first-order valence-corrected chi connectivity index (χ1v) is 11.6. The van der Waals surface area contributed by atoms with Gasteiger partial charge >= 0.3 is 6.03 Å². The van der Waals surface area contributed by atoms with Crippen LogP contribution in [0.25, 0.3) is 5.69 Å². The van der Waals surface area contributed by atoms with Gasteiger partial charge in [0.25, 0.3) is 5.56 Å². The molecular formula is C28H23FN4O4. The molecule has 0 fully saturated rings. The van der Waals surface area contributed by atoms with Crippen molar-refractivity contribution in [2.75, 3.05) is 10.6 Å².